The Morgan fingerprint density at radius 2 is 2.05 bits per heavy atom. The summed E-state index contributed by atoms with van der Waals surface area (Å²) < 4.78 is 10.5. The molecule has 2 aliphatic rings. The monoisotopic (exact) mass is 270 g/mol. The highest BCUT2D eigenvalue weighted by atomic mass is 16.5. The molecule has 0 spiro atoms. The van der Waals surface area contributed by atoms with Gasteiger partial charge in [-0.3, -0.25) is 4.79 Å². The number of nitrogens with two attached hydrogens (primary N) is 1. The predicted molar refractivity (Wildman–Crippen MR) is 72.7 cm³/mol. The van der Waals surface area contributed by atoms with Gasteiger partial charge in [-0.1, -0.05) is 0 Å². The Morgan fingerprint density at radius 1 is 1.37 bits per heavy atom. The summed E-state index contributed by atoms with van der Waals surface area (Å²) in [7, 11) is 3.39. The van der Waals surface area contributed by atoms with E-state index in [1.54, 1.807) is 0 Å². The lowest BCUT2D eigenvalue weighted by molar-refractivity contribution is -0.148. The standard InChI is InChI=1S/C14H26N2O3/c1-16(7-8-19-9-11-3-4-11)10-14(15,12-5-6-12)13(17)18-2/h11-12H,3-10,15H2,1-2H3. The van der Waals surface area contributed by atoms with E-state index in [9.17, 15) is 4.79 Å². The summed E-state index contributed by atoms with van der Waals surface area (Å²) in [6.45, 7) is 2.92. The van der Waals surface area contributed by atoms with Crippen LogP contribution in [0.4, 0.5) is 0 Å². The molecule has 0 saturated heterocycles. The van der Waals surface area contributed by atoms with Gasteiger partial charge in [-0.25, -0.2) is 0 Å². The molecule has 0 radical (unpaired) electrons. The van der Waals surface area contributed by atoms with Gasteiger partial charge in [0, 0.05) is 19.7 Å². The van der Waals surface area contributed by atoms with Crippen LogP contribution in [0.1, 0.15) is 25.7 Å². The van der Waals surface area contributed by atoms with E-state index < -0.39 is 5.54 Å². The summed E-state index contributed by atoms with van der Waals surface area (Å²) in [5.74, 6) is 0.774. The van der Waals surface area contributed by atoms with Gasteiger partial charge >= 0.3 is 5.97 Å². The maximum atomic E-state index is 11.9. The van der Waals surface area contributed by atoms with Crippen LogP contribution >= 0.6 is 0 Å². The molecule has 0 aromatic carbocycles. The largest absolute Gasteiger partial charge is 0.468 e. The van der Waals surface area contributed by atoms with Crippen molar-refractivity contribution in [1.82, 2.24) is 4.90 Å². The first kappa shape index (κ1) is 14.8. The molecule has 19 heavy (non-hydrogen) atoms. The van der Waals surface area contributed by atoms with Crippen molar-refractivity contribution in [2.75, 3.05) is 40.5 Å². The first-order chi connectivity index (χ1) is 9.06. The zero-order valence-corrected chi connectivity index (χ0v) is 12.1. The maximum Gasteiger partial charge on any atom is 0.327 e. The lowest BCUT2D eigenvalue weighted by Crippen LogP contribution is -2.58. The SMILES string of the molecule is COC(=O)C(N)(CN(C)CCOCC1CC1)C1CC1. The van der Waals surface area contributed by atoms with E-state index in [4.69, 9.17) is 15.2 Å². The van der Waals surface area contributed by atoms with Gasteiger partial charge in [0.25, 0.3) is 0 Å². The summed E-state index contributed by atoms with van der Waals surface area (Å²) in [5.41, 5.74) is 5.42. The molecule has 1 unspecified atom stereocenters. The van der Waals surface area contributed by atoms with E-state index in [0.717, 1.165) is 31.9 Å². The molecule has 2 aliphatic carbocycles. The molecule has 2 rings (SSSR count). The lowest BCUT2D eigenvalue weighted by Gasteiger charge is -2.31. The summed E-state index contributed by atoms with van der Waals surface area (Å²) in [6.07, 6.45) is 4.67. The fourth-order valence-corrected chi connectivity index (χ4v) is 2.43. The molecule has 110 valence electrons. The highest BCUT2D eigenvalue weighted by molar-refractivity contribution is 5.81. The first-order valence-electron chi connectivity index (χ1n) is 7.20. The second-order valence-electron chi connectivity index (χ2n) is 6.06. The van der Waals surface area contributed by atoms with E-state index in [-0.39, 0.29) is 11.9 Å². The van der Waals surface area contributed by atoms with Gasteiger partial charge in [-0.2, -0.15) is 0 Å². The average Bonchev–Trinajstić information content (AvgIpc) is 3.26. The number of esters is 1. The second kappa shape index (κ2) is 6.20. The normalized spacial score (nSPS) is 22.3. The number of ether oxygens (including phenoxy) is 2. The Balaban J connectivity index is 1.71. The predicted octanol–water partition coefficient (Wildman–Crippen LogP) is 0.625. The third-order valence-corrected chi connectivity index (χ3v) is 4.07. The Labute approximate surface area is 115 Å². The number of hydrogen-bond donors (Lipinski definition) is 1. The summed E-state index contributed by atoms with van der Waals surface area (Å²) in [5, 5.41) is 0. The molecular weight excluding hydrogens is 244 g/mol. The van der Waals surface area contributed by atoms with Crippen LogP contribution in [-0.2, 0) is 14.3 Å². The average molecular weight is 270 g/mol. The van der Waals surface area contributed by atoms with Gasteiger partial charge in [-0.05, 0) is 44.6 Å². The highest BCUT2D eigenvalue weighted by Crippen LogP contribution is 2.39. The minimum Gasteiger partial charge on any atom is -0.468 e. The van der Waals surface area contributed by atoms with Gasteiger partial charge in [0.2, 0.25) is 0 Å². The van der Waals surface area contributed by atoms with E-state index >= 15 is 0 Å². The van der Waals surface area contributed by atoms with Crippen molar-refractivity contribution in [3.63, 3.8) is 0 Å². The maximum absolute atomic E-state index is 11.9. The number of methoxy groups -OCH3 is 1. The third kappa shape index (κ3) is 4.16. The molecule has 2 fully saturated rings. The Morgan fingerprint density at radius 3 is 2.58 bits per heavy atom. The van der Waals surface area contributed by atoms with Gasteiger partial charge in [0.1, 0.15) is 5.54 Å². The van der Waals surface area contributed by atoms with Gasteiger partial charge in [0.15, 0.2) is 0 Å². The Kier molecular flexibility index (Phi) is 4.81. The topological polar surface area (TPSA) is 64.8 Å². The van der Waals surface area contributed by atoms with Gasteiger partial charge in [-0.15, -0.1) is 0 Å². The van der Waals surface area contributed by atoms with Gasteiger partial charge < -0.3 is 20.1 Å². The van der Waals surface area contributed by atoms with Crippen molar-refractivity contribution in [3.05, 3.63) is 0 Å². The minimum atomic E-state index is -0.847. The molecule has 5 nitrogen and oxygen atoms in total. The Hall–Kier alpha value is -0.650. The van der Waals surface area contributed by atoms with Crippen LogP contribution in [0.25, 0.3) is 0 Å². The van der Waals surface area contributed by atoms with Crippen LogP contribution in [0.2, 0.25) is 0 Å². The quantitative estimate of drug-likeness (QED) is 0.491. The minimum absolute atomic E-state index is 0.273. The molecule has 2 saturated carbocycles. The van der Waals surface area contributed by atoms with E-state index in [1.165, 1.54) is 20.0 Å². The van der Waals surface area contributed by atoms with E-state index in [2.05, 4.69) is 4.90 Å². The zero-order chi connectivity index (χ0) is 13.9. The fraction of sp³-hybridized carbons (Fsp3) is 0.929. The second-order valence-corrected chi connectivity index (χ2v) is 6.06. The number of carbonyl (C=O) groups excluding carboxylic acids is 1. The van der Waals surface area contributed by atoms with Crippen LogP contribution < -0.4 is 5.73 Å². The van der Waals surface area contributed by atoms with Crippen LogP contribution in [0.3, 0.4) is 0 Å². The molecule has 2 N–H and O–H groups in total. The van der Waals surface area contributed by atoms with Crippen molar-refractivity contribution in [1.29, 1.82) is 0 Å². The summed E-state index contributed by atoms with van der Waals surface area (Å²) in [6, 6.07) is 0. The summed E-state index contributed by atoms with van der Waals surface area (Å²) in [4.78, 5) is 13.9. The Bertz CT molecular complexity index is 316. The number of rotatable bonds is 9. The number of nitrogens with zero attached hydrogens (tertiary/aromatic N) is 1. The molecule has 0 aliphatic heterocycles. The zero-order valence-electron chi connectivity index (χ0n) is 12.1. The third-order valence-electron chi connectivity index (χ3n) is 4.07. The molecule has 1 atom stereocenters. The number of carbonyl (C=O) groups is 1. The van der Waals surface area contributed by atoms with E-state index in [1.807, 2.05) is 7.05 Å². The first-order valence-corrected chi connectivity index (χ1v) is 7.20. The van der Waals surface area contributed by atoms with E-state index in [0.29, 0.717) is 13.2 Å². The molecular formula is C14H26N2O3. The molecule has 0 amide bonds. The van der Waals surface area contributed by atoms with Crippen molar-refractivity contribution in [3.8, 4) is 0 Å². The molecule has 0 heterocycles. The molecule has 0 aromatic heterocycles. The van der Waals surface area contributed by atoms with Crippen molar-refractivity contribution in [2.45, 2.75) is 31.2 Å². The van der Waals surface area contributed by atoms with Crippen LogP contribution in [0.15, 0.2) is 0 Å². The smallest absolute Gasteiger partial charge is 0.327 e. The van der Waals surface area contributed by atoms with Gasteiger partial charge in [0.05, 0.1) is 13.7 Å². The van der Waals surface area contributed by atoms with Crippen LogP contribution in [0.5, 0.6) is 0 Å². The lowest BCUT2D eigenvalue weighted by atomic mass is 9.94. The molecule has 5 heteroatoms. The van der Waals surface area contributed by atoms with Crippen molar-refractivity contribution in [2.24, 2.45) is 17.6 Å². The fourth-order valence-electron chi connectivity index (χ4n) is 2.43. The molecule has 0 aromatic rings. The van der Waals surface area contributed by atoms with Crippen LogP contribution in [0, 0.1) is 11.8 Å². The van der Waals surface area contributed by atoms with Crippen molar-refractivity contribution >= 4 is 5.97 Å². The molecule has 0 bridgehead atoms. The number of likely N-dealkylation sites (N-methyl/N-ethyl adjacent to an activating group) is 1. The highest BCUT2D eigenvalue weighted by Gasteiger charge is 2.49. The van der Waals surface area contributed by atoms with Crippen LogP contribution in [-0.4, -0.2) is 56.9 Å². The summed E-state index contributed by atoms with van der Waals surface area (Å²) >= 11 is 0. The van der Waals surface area contributed by atoms with Crippen molar-refractivity contribution < 1.29 is 14.3 Å². The number of hydrogen-bond acceptors (Lipinski definition) is 5.